The van der Waals surface area contributed by atoms with Gasteiger partial charge in [-0.1, -0.05) is 11.6 Å². The van der Waals surface area contributed by atoms with Gasteiger partial charge in [0, 0.05) is 29.6 Å². The molecule has 1 aromatic carbocycles. The fourth-order valence-corrected chi connectivity index (χ4v) is 4.09. The number of benzene rings is 1. The van der Waals surface area contributed by atoms with E-state index >= 15 is 0 Å². The van der Waals surface area contributed by atoms with Crippen molar-refractivity contribution >= 4 is 50.8 Å². The molecule has 3 rings (SSSR count). The van der Waals surface area contributed by atoms with Crippen molar-refractivity contribution in [2.75, 3.05) is 18.2 Å². The van der Waals surface area contributed by atoms with Crippen LogP contribution in [-0.4, -0.2) is 35.1 Å². The molecule has 0 radical (unpaired) electrons. The molecule has 1 fully saturated rings. The van der Waals surface area contributed by atoms with Crippen LogP contribution in [0.3, 0.4) is 0 Å². The Labute approximate surface area is 130 Å². The number of thiazole rings is 1. The van der Waals surface area contributed by atoms with E-state index in [4.69, 9.17) is 11.6 Å². The Morgan fingerprint density at radius 1 is 1.55 bits per heavy atom. The first-order valence-electron chi connectivity index (χ1n) is 6.36. The van der Waals surface area contributed by atoms with Gasteiger partial charge in [0.05, 0.1) is 21.3 Å². The lowest BCUT2D eigenvalue weighted by molar-refractivity contribution is -0.122. The molecule has 0 aliphatic carbocycles. The summed E-state index contributed by atoms with van der Waals surface area (Å²) in [5.41, 5.74) is 0.928. The molecule has 2 aromatic rings. The van der Waals surface area contributed by atoms with Gasteiger partial charge in [0.1, 0.15) is 0 Å². The highest BCUT2D eigenvalue weighted by Crippen LogP contribution is 2.25. The maximum absolute atomic E-state index is 11.8. The Kier molecular flexibility index (Phi) is 4.45. The minimum Gasteiger partial charge on any atom is -0.354 e. The van der Waals surface area contributed by atoms with Crippen LogP contribution in [0.25, 0.3) is 10.2 Å². The number of hydrogen-bond donors (Lipinski definition) is 2. The zero-order valence-corrected chi connectivity index (χ0v) is 13.1. The Bertz CT molecular complexity index is 625. The van der Waals surface area contributed by atoms with Crippen LogP contribution in [-0.2, 0) is 11.2 Å². The summed E-state index contributed by atoms with van der Waals surface area (Å²) >= 11 is 9.34. The number of carbonyl (C=O) groups excluding carboxylic acids is 1. The van der Waals surface area contributed by atoms with Crippen LogP contribution in [0.2, 0.25) is 5.02 Å². The van der Waals surface area contributed by atoms with Crippen LogP contribution < -0.4 is 10.6 Å². The number of aromatic nitrogens is 1. The average Bonchev–Trinajstić information content (AvgIpc) is 3.06. The first-order valence-corrected chi connectivity index (χ1v) is 8.71. The number of hydrogen-bond acceptors (Lipinski definition) is 5. The van der Waals surface area contributed by atoms with Crippen molar-refractivity contribution in [2.45, 2.75) is 12.5 Å². The predicted octanol–water partition coefficient (Wildman–Crippen LogP) is 2.27. The summed E-state index contributed by atoms with van der Waals surface area (Å²) in [6.45, 7) is 0.620. The van der Waals surface area contributed by atoms with Crippen molar-refractivity contribution in [3.63, 3.8) is 0 Å². The standard InChI is InChI=1S/C13H14ClN3OS2/c14-8-1-2-11-9(5-8)17-12(20-11)3-4-15-13(18)10-6-19-7-16-10/h1-2,5,10,16H,3-4,6-7H2,(H,15,18). The maximum atomic E-state index is 11.8. The zero-order valence-electron chi connectivity index (χ0n) is 10.7. The Balaban J connectivity index is 1.55. The van der Waals surface area contributed by atoms with E-state index in [1.807, 2.05) is 18.2 Å². The Hall–Kier alpha value is -0.820. The van der Waals surface area contributed by atoms with E-state index in [1.165, 1.54) is 0 Å². The monoisotopic (exact) mass is 327 g/mol. The molecule has 1 atom stereocenters. The van der Waals surface area contributed by atoms with Crippen molar-refractivity contribution in [1.29, 1.82) is 0 Å². The second kappa shape index (κ2) is 6.30. The lowest BCUT2D eigenvalue weighted by Crippen LogP contribution is -2.42. The third-order valence-electron chi connectivity index (χ3n) is 3.06. The molecule has 1 amide bonds. The van der Waals surface area contributed by atoms with Gasteiger partial charge in [-0.2, -0.15) is 0 Å². The molecule has 106 valence electrons. The van der Waals surface area contributed by atoms with E-state index in [0.29, 0.717) is 11.6 Å². The van der Waals surface area contributed by atoms with E-state index in [1.54, 1.807) is 23.1 Å². The van der Waals surface area contributed by atoms with Gasteiger partial charge in [0.15, 0.2) is 0 Å². The normalized spacial score (nSPS) is 18.6. The molecule has 2 N–H and O–H groups in total. The largest absolute Gasteiger partial charge is 0.354 e. The van der Waals surface area contributed by atoms with Crippen LogP contribution in [0.5, 0.6) is 0 Å². The van der Waals surface area contributed by atoms with Crippen molar-refractivity contribution in [3.05, 3.63) is 28.2 Å². The summed E-state index contributed by atoms with van der Waals surface area (Å²) < 4.78 is 1.13. The minimum absolute atomic E-state index is 0.0471. The van der Waals surface area contributed by atoms with Crippen molar-refractivity contribution in [1.82, 2.24) is 15.6 Å². The van der Waals surface area contributed by atoms with Gasteiger partial charge < -0.3 is 5.32 Å². The molecule has 0 bridgehead atoms. The van der Waals surface area contributed by atoms with Gasteiger partial charge in [-0.3, -0.25) is 10.1 Å². The topological polar surface area (TPSA) is 54.0 Å². The van der Waals surface area contributed by atoms with Crippen LogP contribution in [0, 0.1) is 0 Å². The number of amides is 1. The molecular weight excluding hydrogens is 314 g/mol. The number of rotatable bonds is 4. The minimum atomic E-state index is -0.0471. The molecule has 1 aliphatic heterocycles. The van der Waals surface area contributed by atoms with Gasteiger partial charge in [-0.15, -0.1) is 23.1 Å². The van der Waals surface area contributed by atoms with E-state index in [-0.39, 0.29) is 11.9 Å². The second-order valence-electron chi connectivity index (χ2n) is 4.53. The molecule has 0 spiro atoms. The fourth-order valence-electron chi connectivity index (χ4n) is 2.03. The average molecular weight is 328 g/mol. The van der Waals surface area contributed by atoms with Gasteiger partial charge in [0.2, 0.25) is 5.91 Å². The quantitative estimate of drug-likeness (QED) is 0.904. The van der Waals surface area contributed by atoms with Crippen molar-refractivity contribution in [2.24, 2.45) is 0 Å². The van der Waals surface area contributed by atoms with Gasteiger partial charge >= 0.3 is 0 Å². The molecule has 2 heterocycles. The van der Waals surface area contributed by atoms with Gasteiger partial charge in [0.25, 0.3) is 0 Å². The molecule has 1 aromatic heterocycles. The van der Waals surface area contributed by atoms with Gasteiger partial charge in [-0.25, -0.2) is 4.98 Å². The third-order valence-corrected chi connectivity index (χ3v) is 5.34. The number of halogens is 1. The lowest BCUT2D eigenvalue weighted by atomic mass is 10.3. The SMILES string of the molecule is O=C(NCCc1nc2cc(Cl)ccc2s1)C1CSCN1. The molecule has 1 aliphatic rings. The van der Waals surface area contributed by atoms with Crippen LogP contribution in [0.4, 0.5) is 0 Å². The smallest absolute Gasteiger partial charge is 0.238 e. The summed E-state index contributed by atoms with van der Waals surface area (Å²) in [5.74, 6) is 1.79. The fraction of sp³-hybridized carbons (Fsp3) is 0.385. The number of nitrogens with zero attached hydrogens (tertiary/aromatic N) is 1. The van der Waals surface area contributed by atoms with E-state index in [0.717, 1.165) is 33.3 Å². The number of fused-ring (bicyclic) bond motifs is 1. The van der Waals surface area contributed by atoms with Gasteiger partial charge in [-0.05, 0) is 18.2 Å². The lowest BCUT2D eigenvalue weighted by Gasteiger charge is -2.09. The molecule has 20 heavy (non-hydrogen) atoms. The molecule has 4 nitrogen and oxygen atoms in total. The van der Waals surface area contributed by atoms with Crippen LogP contribution in [0.1, 0.15) is 5.01 Å². The summed E-state index contributed by atoms with van der Waals surface area (Å²) in [5, 5.41) is 7.84. The number of thioether (sulfide) groups is 1. The van der Waals surface area contributed by atoms with Crippen molar-refractivity contribution in [3.8, 4) is 0 Å². The Morgan fingerprint density at radius 3 is 3.25 bits per heavy atom. The van der Waals surface area contributed by atoms with E-state index < -0.39 is 0 Å². The Morgan fingerprint density at radius 2 is 2.45 bits per heavy atom. The molecule has 1 unspecified atom stereocenters. The number of carbonyl (C=O) groups is 1. The van der Waals surface area contributed by atoms with Crippen LogP contribution in [0.15, 0.2) is 18.2 Å². The summed E-state index contributed by atoms with van der Waals surface area (Å²) in [6, 6.07) is 5.68. The summed E-state index contributed by atoms with van der Waals surface area (Å²) in [6.07, 6.45) is 0.753. The highest BCUT2D eigenvalue weighted by Gasteiger charge is 2.21. The third kappa shape index (κ3) is 3.25. The van der Waals surface area contributed by atoms with Crippen molar-refractivity contribution < 1.29 is 4.79 Å². The zero-order chi connectivity index (χ0) is 13.9. The first-order chi connectivity index (χ1) is 9.72. The molecule has 1 saturated heterocycles. The highest BCUT2D eigenvalue weighted by molar-refractivity contribution is 7.99. The predicted molar refractivity (Wildman–Crippen MR) is 85.6 cm³/mol. The maximum Gasteiger partial charge on any atom is 0.238 e. The number of nitrogens with one attached hydrogen (secondary N) is 2. The second-order valence-corrected chi connectivity index (χ2v) is 7.11. The van der Waals surface area contributed by atoms with E-state index in [9.17, 15) is 4.79 Å². The summed E-state index contributed by atoms with van der Waals surface area (Å²) in [7, 11) is 0. The molecule has 0 saturated carbocycles. The van der Waals surface area contributed by atoms with Crippen LogP contribution >= 0.6 is 34.7 Å². The molecular formula is C13H14ClN3OS2. The molecule has 7 heteroatoms. The van der Waals surface area contributed by atoms with E-state index in [2.05, 4.69) is 15.6 Å². The highest BCUT2D eigenvalue weighted by atomic mass is 35.5. The first kappa shape index (κ1) is 14.1. The summed E-state index contributed by atoms with van der Waals surface area (Å²) in [4.78, 5) is 16.4.